The highest BCUT2D eigenvalue weighted by molar-refractivity contribution is 7.07. The predicted molar refractivity (Wildman–Crippen MR) is 174 cm³/mol. The SMILES string of the molecule is COc1cccc(C2C(C(=O)Nc3ccccc3)=C(C)N=c3s/c(=C\c4ccc(OCc5ccc(Cl)cc5)cc4)c(=O)n32)c1. The maximum atomic E-state index is 14.0. The highest BCUT2D eigenvalue weighted by atomic mass is 35.5. The predicted octanol–water partition coefficient (Wildman–Crippen LogP) is 6.11. The number of hydrogen-bond donors (Lipinski definition) is 1. The molecule has 1 amide bonds. The van der Waals surface area contributed by atoms with E-state index in [1.54, 1.807) is 18.6 Å². The first-order valence-electron chi connectivity index (χ1n) is 13.9. The number of halogens is 1. The van der Waals surface area contributed by atoms with Crippen LogP contribution >= 0.6 is 22.9 Å². The van der Waals surface area contributed by atoms with Crippen LogP contribution in [-0.4, -0.2) is 17.6 Å². The molecule has 0 fully saturated rings. The van der Waals surface area contributed by atoms with Gasteiger partial charge in [0.25, 0.3) is 11.5 Å². The Balaban J connectivity index is 1.35. The number of fused-ring (bicyclic) bond motifs is 1. The Bertz CT molecular complexity index is 2030. The quantitative estimate of drug-likeness (QED) is 0.227. The smallest absolute Gasteiger partial charge is 0.271 e. The number of nitrogens with zero attached hydrogens (tertiary/aromatic N) is 2. The lowest BCUT2D eigenvalue weighted by atomic mass is 9.95. The molecule has 6 rings (SSSR count). The minimum absolute atomic E-state index is 0.234. The molecule has 1 N–H and O–H groups in total. The van der Waals surface area contributed by atoms with Crippen LogP contribution in [0, 0.1) is 0 Å². The standard InChI is InChI=1S/C35H28ClN3O4S/c1-22-31(33(40)38-27-8-4-3-5-9-27)32(25-7-6-10-29(20-25)42-2)39-34(41)30(44-35(39)37-22)19-23-13-17-28(18-14-23)43-21-24-11-15-26(36)16-12-24/h3-20,32H,21H2,1-2H3,(H,38,40)/b30-19-. The van der Waals surface area contributed by atoms with E-state index in [-0.39, 0.29) is 11.5 Å². The van der Waals surface area contributed by atoms with Gasteiger partial charge in [-0.3, -0.25) is 14.2 Å². The van der Waals surface area contributed by atoms with Crippen LogP contribution in [0.4, 0.5) is 5.69 Å². The molecule has 0 saturated heterocycles. The minimum Gasteiger partial charge on any atom is -0.497 e. The topological polar surface area (TPSA) is 81.9 Å². The van der Waals surface area contributed by atoms with E-state index in [1.807, 2.05) is 109 Å². The number of aromatic nitrogens is 1. The summed E-state index contributed by atoms with van der Waals surface area (Å²) in [6.07, 6.45) is 1.83. The monoisotopic (exact) mass is 621 g/mol. The Morgan fingerprint density at radius 3 is 2.45 bits per heavy atom. The number of nitrogens with one attached hydrogen (secondary N) is 1. The van der Waals surface area contributed by atoms with Crippen molar-refractivity contribution in [1.29, 1.82) is 0 Å². The van der Waals surface area contributed by atoms with Crippen LogP contribution < -0.4 is 29.7 Å². The van der Waals surface area contributed by atoms with E-state index in [9.17, 15) is 9.59 Å². The van der Waals surface area contributed by atoms with Crippen molar-refractivity contribution in [2.24, 2.45) is 4.99 Å². The second kappa shape index (κ2) is 12.8. The fourth-order valence-corrected chi connectivity index (χ4v) is 6.19. The van der Waals surface area contributed by atoms with E-state index >= 15 is 0 Å². The third kappa shape index (κ3) is 6.22. The Kier molecular flexibility index (Phi) is 8.45. The molecule has 5 aromatic rings. The molecule has 1 aromatic heterocycles. The fraction of sp³-hybridized carbons (Fsp3) is 0.114. The van der Waals surface area contributed by atoms with Crippen molar-refractivity contribution in [3.63, 3.8) is 0 Å². The van der Waals surface area contributed by atoms with Gasteiger partial charge in [0.1, 0.15) is 18.1 Å². The number of thiazole rings is 1. The number of carbonyl (C=O) groups excluding carboxylic acids is 1. The number of amides is 1. The van der Waals surface area contributed by atoms with Gasteiger partial charge < -0.3 is 14.8 Å². The summed E-state index contributed by atoms with van der Waals surface area (Å²) >= 11 is 7.26. The largest absolute Gasteiger partial charge is 0.497 e. The number of anilines is 1. The number of benzene rings is 4. The maximum absolute atomic E-state index is 14.0. The van der Waals surface area contributed by atoms with Gasteiger partial charge >= 0.3 is 0 Å². The van der Waals surface area contributed by atoms with Crippen molar-refractivity contribution in [3.05, 3.63) is 156 Å². The van der Waals surface area contributed by atoms with Gasteiger partial charge in [0.2, 0.25) is 0 Å². The Labute approximate surface area is 263 Å². The second-order valence-electron chi connectivity index (χ2n) is 10.2. The Hall–Kier alpha value is -4.92. The molecule has 0 saturated carbocycles. The van der Waals surface area contributed by atoms with Crippen LogP contribution in [0.5, 0.6) is 11.5 Å². The van der Waals surface area contributed by atoms with Crippen molar-refractivity contribution in [2.45, 2.75) is 19.6 Å². The molecule has 1 atom stereocenters. The van der Waals surface area contributed by atoms with E-state index in [0.717, 1.165) is 16.7 Å². The minimum atomic E-state index is -0.698. The zero-order valence-electron chi connectivity index (χ0n) is 24.0. The molecule has 44 heavy (non-hydrogen) atoms. The highest BCUT2D eigenvalue weighted by Crippen LogP contribution is 2.32. The molecule has 1 aliphatic heterocycles. The molecule has 4 aromatic carbocycles. The Morgan fingerprint density at radius 1 is 0.977 bits per heavy atom. The summed E-state index contributed by atoms with van der Waals surface area (Å²) in [7, 11) is 1.59. The molecular formula is C35H28ClN3O4S. The van der Waals surface area contributed by atoms with Gasteiger partial charge in [-0.25, -0.2) is 4.99 Å². The first-order valence-corrected chi connectivity index (χ1v) is 15.1. The van der Waals surface area contributed by atoms with E-state index in [2.05, 4.69) is 5.32 Å². The third-order valence-electron chi connectivity index (χ3n) is 7.20. The lowest BCUT2D eigenvalue weighted by Crippen LogP contribution is -2.40. The molecule has 2 heterocycles. The van der Waals surface area contributed by atoms with Crippen LogP contribution in [0.2, 0.25) is 5.02 Å². The first kappa shape index (κ1) is 29.2. The number of methoxy groups -OCH3 is 1. The lowest BCUT2D eigenvalue weighted by Gasteiger charge is -2.25. The summed E-state index contributed by atoms with van der Waals surface area (Å²) in [5, 5.41) is 3.65. The number of ether oxygens (including phenoxy) is 2. The maximum Gasteiger partial charge on any atom is 0.271 e. The van der Waals surface area contributed by atoms with Crippen LogP contribution in [0.15, 0.2) is 124 Å². The van der Waals surface area contributed by atoms with E-state index in [0.29, 0.717) is 49.4 Å². The average Bonchev–Trinajstić information content (AvgIpc) is 3.34. The second-order valence-corrected chi connectivity index (χ2v) is 11.6. The number of para-hydroxylation sites is 1. The van der Waals surface area contributed by atoms with E-state index in [4.69, 9.17) is 26.1 Å². The molecule has 1 aliphatic rings. The number of hydrogen-bond acceptors (Lipinski definition) is 6. The van der Waals surface area contributed by atoms with Gasteiger partial charge in [-0.15, -0.1) is 0 Å². The lowest BCUT2D eigenvalue weighted by molar-refractivity contribution is -0.113. The number of rotatable bonds is 8. The summed E-state index contributed by atoms with van der Waals surface area (Å²) in [6.45, 7) is 2.21. The molecular weight excluding hydrogens is 594 g/mol. The van der Waals surface area contributed by atoms with Gasteiger partial charge in [-0.2, -0.15) is 0 Å². The normalized spacial score (nSPS) is 14.5. The summed E-state index contributed by atoms with van der Waals surface area (Å²) in [5.41, 5.74) is 3.95. The van der Waals surface area contributed by atoms with Gasteiger partial charge in [-0.05, 0) is 78.2 Å². The average molecular weight is 622 g/mol. The molecule has 220 valence electrons. The first-order chi connectivity index (χ1) is 21.4. The van der Waals surface area contributed by atoms with Crippen molar-refractivity contribution >= 4 is 40.6 Å². The van der Waals surface area contributed by atoms with Crippen molar-refractivity contribution < 1.29 is 14.3 Å². The van der Waals surface area contributed by atoms with Gasteiger partial charge in [0.15, 0.2) is 4.80 Å². The van der Waals surface area contributed by atoms with Crippen LogP contribution in [0.1, 0.15) is 29.7 Å². The molecule has 0 spiro atoms. The molecule has 7 nitrogen and oxygen atoms in total. The zero-order valence-corrected chi connectivity index (χ0v) is 25.6. The van der Waals surface area contributed by atoms with E-state index < -0.39 is 6.04 Å². The molecule has 0 aliphatic carbocycles. The van der Waals surface area contributed by atoms with Crippen LogP contribution in [0.25, 0.3) is 6.08 Å². The van der Waals surface area contributed by atoms with Crippen LogP contribution in [-0.2, 0) is 11.4 Å². The molecule has 0 bridgehead atoms. The van der Waals surface area contributed by atoms with Crippen molar-refractivity contribution in [1.82, 2.24) is 4.57 Å². The Morgan fingerprint density at radius 2 is 1.73 bits per heavy atom. The number of allylic oxidation sites excluding steroid dienone is 1. The summed E-state index contributed by atoms with van der Waals surface area (Å²) in [4.78, 5) is 33.0. The molecule has 0 radical (unpaired) electrons. The summed E-state index contributed by atoms with van der Waals surface area (Å²) in [5.74, 6) is 1.01. The van der Waals surface area contributed by atoms with Gasteiger partial charge in [0, 0.05) is 10.7 Å². The van der Waals surface area contributed by atoms with Gasteiger partial charge in [0.05, 0.1) is 29.0 Å². The van der Waals surface area contributed by atoms with Crippen LogP contribution in [0.3, 0.4) is 0 Å². The fourth-order valence-electron chi connectivity index (χ4n) is 5.02. The zero-order chi connectivity index (χ0) is 30.6. The third-order valence-corrected chi connectivity index (χ3v) is 8.44. The number of carbonyl (C=O) groups is 1. The summed E-state index contributed by atoms with van der Waals surface area (Å²) < 4.78 is 13.5. The van der Waals surface area contributed by atoms with Crippen molar-refractivity contribution in [2.75, 3.05) is 12.4 Å². The highest BCUT2D eigenvalue weighted by Gasteiger charge is 2.32. The summed E-state index contributed by atoms with van der Waals surface area (Å²) in [6, 6.07) is 31.0. The van der Waals surface area contributed by atoms with Crippen molar-refractivity contribution in [3.8, 4) is 11.5 Å². The van der Waals surface area contributed by atoms with Gasteiger partial charge in [-0.1, -0.05) is 77.5 Å². The molecule has 1 unspecified atom stereocenters. The molecule has 9 heteroatoms. The van der Waals surface area contributed by atoms with E-state index in [1.165, 1.54) is 11.3 Å².